The highest BCUT2D eigenvalue weighted by atomic mass is 16.7. The minimum Gasteiger partial charge on any atom is -0.481 e. The molecule has 0 aromatic rings. The van der Waals surface area contributed by atoms with Gasteiger partial charge in [-0.3, -0.25) is 19.2 Å². The van der Waals surface area contributed by atoms with Gasteiger partial charge in [-0.15, -0.1) is 0 Å². The van der Waals surface area contributed by atoms with E-state index in [0.29, 0.717) is 39.0 Å². The Morgan fingerprint density at radius 1 is 1.05 bits per heavy atom. The Labute approximate surface area is 129 Å². The van der Waals surface area contributed by atoms with Crippen LogP contribution in [0.2, 0.25) is 0 Å². The first-order chi connectivity index (χ1) is 10.4. The molecule has 0 radical (unpaired) electrons. The maximum absolute atomic E-state index is 11.9. The number of piperazine rings is 1. The van der Waals surface area contributed by atoms with Gasteiger partial charge in [0.2, 0.25) is 5.91 Å². The molecule has 1 saturated heterocycles. The van der Waals surface area contributed by atoms with Crippen LogP contribution in [0.4, 0.5) is 0 Å². The quantitative estimate of drug-likeness (QED) is 0.640. The number of hydrogen-bond acceptors (Lipinski definition) is 5. The fourth-order valence-corrected chi connectivity index (χ4v) is 2.25. The van der Waals surface area contributed by atoms with Gasteiger partial charge >= 0.3 is 11.9 Å². The van der Waals surface area contributed by atoms with E-state index >= 15 is 0 Å². The maximum Gasteiger partial charge on any atom is 0.306 e. The number of hydroxylamine groups is 2. The third-order valence-electron chi connectivity index (χ3n) is 3.53. The Morgan fingerprint density at radius 2 is 1.68 bits per heavy atom. The predicted molar refractivity (Wildman–Crippen MR) is 77.1 cm³/mol. The van der Waals surface area contributed by atoms with Crippen molar-refractivity contribution < 1.29 is 29.4 Å². The lowest BCUT2D eigenvalue weighted by molar-refractivity contribution is -0.215. The number of carboxylic acids is 2. The number of carbonyl (C=O) groups is 3. The van der Waals surface area contributed by atoms with Crippen molar-refractivity contribution in [3.63, 3.8) is 0 Å². The van der Waals surface area contributed by atoms with Crippen molar-refractivity contribution in [2.24, 2.45) is 0 Å². The summed E-state index contributed by atoms with van der Waals surface area (Å²) < 4.78 is 0. The first kappa shape index (κ1) is 18.4. The molecule has 1 unspecified atom stereocenters. The molecule has 2 N–H and O–H groups in total. The number of carbonyl (C=O) groups excluding carboxylic acids is 1. The molecular weight excluding hydrogens is 292 g/mol. The van der Waals surface area contributed by atoms with Crippen LogP contribution in [0, 0.1) is 0 Å². The number of amides is 1. The van der Waals surface area contributed by atoms with E-state index in [1.54, 1.807) is 9.96 Å². The lowest BCUT2D eigenvalue weighted by Gasteiger charge is -2.35. The first-order valence-electron chi connectivity index (χ1n) is 7.55. The van der Waals surface area contributed by atoms with Crippen molar-refractivity contribution in [3.05, 3.63) is 0 Å². The summed E-state index contributed by atoms with van der Waals surface area (Å²) in [4.78, 5) is 40.4. The van der Waals surface area contributed by atoms with Crippen molar-refractivity contribution in [1.82, 2.24) is 9.96 Å². The number of rotatable bonds is 9. The molecule has 126 valence electrons. The summed E-state index contributed by atoms with van der Waals surface area (Å²) in [7, 11) is 0. The lowest BCUT2D eigenvalue weighted by atomic mass is 10.2. The van der Waals surface area contributed by atoms with Crippen LogP contribution >= 0.6 is 0 Å². The van der Waals surface area contributed by atoms with Crippen LogP contribution in [0.15, 0.2) is 0 Å². The normalized spacial score (nSPS) is 17.2. The monoisotopic (exact) mass is 316 g/mol. The lowest BCUT2D eigenvalue weighted by Crippen LogP contribution is -2.49. The van der Waals surface area contributed by atoms with E-state index in [1.807, 2.05) is 6.92 Å². The fraction of sp³-hybridized carbons (Fsp3) is 0.786. The zero-order chi connectivity index (χ0) is 16.5. The second kappa shape index (κ2) is 9.37. The smallest absolute Gasteiger partial charge is 0.306 e. The van der Waals surface area contributed by atoms with Gasteiger partial charge in [-0.05, 0) is 12.8 Å². The van der Waals surface area contributed by atoms with E-state index in [0.717, 1.165) is 0 Å². The van der Waals surface area contributed by atoms with Crippen molar-refractivity contribution in [2.75, 3.05) is 26.2 Å². The van der Waals surface area contributed by atoms with Crippen molar-refractivity contribution in [1.29, 1.82) is 0 Å². The summed E-state index contributed by atoms with van der Waals surface area (Å²) in [5, 5.41) is 19.0. The molecule has 1 atom stereocenters. The highest BCUT2D eigenvalue weighted by molar-refractivity contribution is 5.77. The van der Waals surface area contributed by atoms with Gasteiger partial charge in [-0.1, -0.05) is 6.92 Å². The molecule has 0 saturated carbocycles. The van der Waals surface area contributed by atoms with Crippen molar-refractivity contribution in [2.45, 2.75) is 45.1 Å². The van der Waals surface area contributed by atoms with E-state index in [-0.39, 0.29) is 31.3 Å². The van der Waals surface area contributed by atoms with Crippen LogP contribution < -0.4 is 0 Å². The molecule has 1 fully saturated rings. The van der Waals surface area contributed by atoms with Crippen LogP contribution in [-0.4, -0.2) is 70.3 Å². The molecule has 1 aliphatic rings. The molecular formula is C14H24N2O6. The maximum atomic E-state index is 11.9. The molecule has 0 aromatic heterocycles. The molecule has 22 heavy (non-hydrogen) atoms. The van der Waals surface area contributed by atoms with Gasteiger partial charge in [-0.25, -0.2) is 0 Å². The minimum atomic E-state index is -0.893. The van der Waals surface area contributed by atoms with Crippen LogP contribution in [0.3, 0.4) is 0 Å². The fourth-order valence-electron chi connectivity index (χ4n) is 2.25. The standard InChI is InChI=1S/C14H24N2O6/c1-2-11(10-14(20)21)22-16-8-6-15(7-9-16)12(17)4-3-5-13(18)19/h11H,2-10H2,1H3,(H,18,19)(H,20,21). The third kappa shape index (κ3) is 6.86. The van der Waals surface area contributed by atoms with Gasteiger partial charge < -0.3 is 15.1 Å². The number of carboxylic acid groups (broad SMARTS) is 2. The molecule has 8 nitrogen and oxygen atoms in total. The number of nitrogens with zero attached hydrogens (tertiary/aromatic N) is 2. The van der Waals surface area contributed by atoms with E-state index in [1.165, 1.54) is 0 Å². The molecule has 0 bridgehead atoms. The average Bonchev–Trinajstić information content (AvgIpc) is 2.46. The molecule has 0 aromatic carbocycles. The summed E-state index contributed by atoms with van der Waals surface area (Å²) in [5.41, 5.74) is 0. The third-order valence-corrected chi connectivity index (χ3v) is 3.53. The second-order valence-electron chi connectivity index (χ2n) is 5.29. The molecule has 1 rings (SSSR count). The van der Waals surface area contributed by atoms with Gasteiger partial charge in [0.25, 0.3) is 0 Å². The second-order valence-corrected chi connectivity index (χ2v) is 5.29. The van der Waals surface area contributed by atoms with Gasteiger partial charge in [0.1, 0.15) is 0 Å². The Morgan fingerprint density at radius 3 is 2.18 bits per heavy atom. The van der Waals surface area contributed by atoms with E-state index in [4.69, 9.17) is 15.1 Å². The highest BCUT2D eigenvalue weighted by Gasteiger charge is 2.24. The molecule has 0 spiro atoms. The zero-order valence-electron chi connectivity index (χ0n) is 12.9. The minimum absolute atomic E-state index is 0.00217. The SMILES string of the molecule is CCC(CC(=O)O)ON1CCN(C(=O)CCCC(=O)O)CC1. The average molecular weight is 316 g/mol. The molecule has 8 heteroatoms. The van der Waals surface area contributed by atoms with Crippen molar-refractivity contribution >= 4 is 17.8 Å². The number of aliphatic carboxylic acids is 2. The molecule has 1 aliphatic heterocycles. The Hall–Kier alpha value is -1.67. The summed E-state index contributed by atoms with van der Waals surface area (Å²) in [5.74, 6) is -1.83. The first-order valence-corrected chi connectivity index (χ1v) is 7.55. The Bertz CT molecular complexity index is 393. The summed E-state index contributed by atoms with van der Waals surface area (Å²) >= 11 is 0. The van der Waals surface area contributed by atoms with Gasteiger partial charge in [0.05, 0.1) is 12.5 Å². The highest BCUT2D eigenvalue weighted by Crippen LogP contribution is 2.11. The molecule has 1 heterocycles. The summed E-state index contributed by atoms with van der Waals surface area (Å²) in [6.07, 6.45) is 0.814. The van der Waals surface area contributed by atoms with Crippen LogP contribution in [0.25, 0.3) is 0 Å². The van der Waals surface area contributed by atoms with E-state index in [9.17, 15) is 14.4 Å². The Balaban J connectivity index is 2.28. The van der Waals surface area contributed by atoms with E-state index < -0.39 is 11.9 Å². The zero-order valence-corrected chi connectivity index (χ0v) is 12.9. The molecule has 0 aliphatic carbocycles. The molecule has 1 amide bonds. The summed E-state index contributed by atoms with van der Waals surface area (Å²) in [6.45, 7) is 3.95. The van der Waals surface area contributed by atoms with Gasteiger partial charge in [0, 0.05) is 39.0 Å². The number of hydrogen-bond donors (Lipinski definition) is 2. The largest absolute Gasteiger partial charge is 0.481 e. The van der Waals surface area contributed by atoms with Crippen molar-refractivity contribution in [3.8, 4) is 0 Å². The topological polar surface area (TPSA) is 107 Å². The van der Waals surface area contributed by atoms with Gasteiger partial charge in [-0.2, -0.15) is 5.06 Å². The summed E-state index contributed by atoms with van der Waals surface area (Å²) in [6, 6.07) is 0. The van der Waals surface area contributed by atoms with E-state index in [2.05, 4.69) is 0 Å². The van der Waals surface area contributed by atoms with Crippen LogP contribution in [0.1, 0.15) is 39.0 Å². The van der Waals surface area contributed by atoms with Crippen LogP contribution in [0.5, 0.6) is 0 Å². The predicted octanol–water partition coefficient (Wildman–Crippen LogP) is 0.570. The Kier molecular flexibility index (Phi) is 7.83. The van der Waals surface area contributed by atoms with Gasteiger partial charge in [0.15, 0.2) is 0 Å². The van der Waals surface area contributed by atoms with Crippen LogP contribution in [-0.2, 0) is 19.2 Å².